The molecular weight excluding hydrogens is 280 g/mol. The molecule has 2 aromatic rings. The summed E-state index contributed by atoms with van der Waals surface area (Å²) in [6, 6.07) is 3.76. The van der Waals surface area contributed by atoms with Crippen LogP contribution in [0.1, 0.15) is 5.82 Å². The Morgan fingerprint density at radius 3 is 2.85 bits per heavy atom. The van der Waals surface area contributed by atoms with E-state index in [1.54, 1.807) is 0 Å². The number of thioether (sulfide) groups is 1. The van der Waals surface area contributed by atoms with Gasteiger partial charge >= 0.3 is 5.97 Å². The van der Waals surface area contributed by atoms with Gasteiger partial charge in [0.15, 0.2) is 11.5 Å². The third-order valence-electron chi connectivity index (χ3n) is 2.90. The molecule has 0 aliphatic carbocycles. The van der Waals surface area contributed by atoms with Crippen LogP contribution in [0.4, 0.5) is 0 Å². The number of hydrogen-bond donors (Lipinski definition) is 2. The van der Waals surface area contributed by atoms with Crippen molar-refractivity contribution in [3.8, 4) is 11.5 Å². The topological polar surface area (TPSA) is 84.4 Å². The molecule has 0 atom stereocenters. The lowest BCUT2D eigenvalue weighted by molar-refractivity contribution is -0.133. The maximum absolute atomic E-state index is 10.4. The second-order valence-corrected chi connectivity index (χ2v) is 5.50. The molecule has 1 aliphatic rings. The fraction of sp³-hybridized carbons (Fsp3) is 0.385. The van der Waals surface area contributed by atoms with Crippen LogP contribution in [0.5, 0.6) is 11.5 Å². The van der Waals surface area contributed by atoms with Gasteiger partial charge in [0.1, 0.15) is 19.0 Å². The number of benzene rings is 1. The number of ether oxygens (including phenoxy) is 2. The molecule has 0 amide bonds. The summed E-state index contributed by atoms with van der Waals surface area (Å²) in [6.07, 6.45) is 0.707. The lowest BCUT2D eigenvalue weighted by Crippen LogP contribution is -2.15. The summed E-state index contributed by atoms with van der Waals surface area (Å²) in [5.41, 5.74) is 1.75. The zero-order valence-corrected chi connectivity index (χ0v) is 11.5. The fourth-order valence-corrected chi connectivity index (χ4v) is 2.70. The summed E-state index contributed by atoms with van der Waals surface area (Å²) in [5, 5.41) is 8.57. The monoisotopic (exact) mass is 294 g/mol. The molecule has 0 saturated heterocycles. The van der Waals surface area contributed by atoms with E-state index in [2.05, 4.69) is 9.97 Å². The highest BCUT2D eigenvalue weighted by atomic mass is 32.2. The van der Waals surface area contributed by atoms with Crippen molar-refractivity contribution in [2.45, 2.75) is 6.42 Å². The number of nitrogens with one attached hydrogen (secondary N) is 1. The van der Waals surface area contributed by atoms with Crippen molar-refractivity contribution in [3.63, 3.8) is 0 Å². The maximum atomic E-state index is 10.4. The van der Waals surface area contributed by atoms with Gasteiger partial charge in [-0.25, -0.2) is 4.98 Å². The Morgan fingerprint density at radius 1 is 1.35 bits per heavy atom. The first-order chi connectivity index (χ1) is 9.72. The minimum Gasteiger partial charge on any atom is -0.486 e. The van der Waals surface area contributed by atoms with Crippen molar-refractivity contribution in [3.05, 3.63) is 18.0 Å². The van der Waals surface area contributed by atoms with Gasteiger partial charge < -0.3 is 19.6 Å². The van der Waals surface area contributed by atoms with E-state index < -0.39 is 5.97 Å². The SMILES string of the molecule is O=C(O)CSCCc1nc2cc3c(cc2[nH]1)OCCO3. The van der Waals surface area contributed by atoms with E-state index in [1.807, 2.05) is 12.1 Å². The minimum absolute atomic E-state index is 0.121. The number of aliphatic carboxylic acids is 1. The summed E-state index contributed by atoms with van der Waals surface area (Å²) in [7, 11) is 0. The third kappa shape index (κ3) is 2.82. The van der Waals surface area contributed by atoms with Crippen LogP contribution in [0.25, 0.3) is 11.0 Å². The zero-order valence-electron chi connectivity index (χ0n) is 10.7. The summed E-state index contributed by atoms with van der Waals surface area (Å²) >= 11 is 1.38. The normalized spacial score (nSPS) is 13.6. The van der Waals surface area contributed by atoms with E-state index in [-0.39, 0.29) is 5.75 Å². The van der Waals surface area contributed by atoms with Crippen LogP contribution in [-0.4, -0.2) is 45.8 Å². The summed E-state index contributed by atoms with van der Waals surface area (Å²) in [6.45, 7) is 1.12. The number of fused-ring (bicyclic) bond motifs is 2. The lowest BCUT2D eigenvalue weighted by Gasteiger charge is -2.17. The molecule has 2 heterocycles. The average Bonchev–Trinajstić information content (AvgIpc) is 2.82. The molecule has 7 heteroatoms. The number of hydrogen-bond acceptors (Lipinski definition) is 5. The molecule has 1 aliphatic heterocycles. The van der Waals surface area contributed by atoms with E-state index >= 15 is 0 Å². The van der Waals surface area contributed by atoms with E-state index in [9.17, 15) is 4.79 Å². The predicted molar refractivity (Wildman–Crippen MR) is 75.7 cm³/mol. The minimum atomic E-state index is -0.790. The zero-order chi connectivity index (χ0) is 13.9. The molecule has 1 aromatic carbocycles. The quantitative estimate of drug-likeness (QED) is 0.816. The Labute approximate surface area is 119 Å². The highest BCUT2D eigenvalue weighted by molar-refractivity contribution is 7.99. The van der Waals surface area contributed by atoms with Gasteiger partial charge in [-0.3, -0.25) is 4.79 Å². The van der Waals surface area contributed by atoms with Gasteiger partial charge in [-0.05, 0) is 0 Å². The smallest absolute Gasteiger partial charge is 0.313 e. The van der Waals surface area contributed by atoms with Gasteiger partial charge in [-0.15, -0.1) is 11.8 Å². The van der Waals surface area contributed by atoms with Crippen LogP contribution in [0.15, 0.2) is 12.1 Å². The number of aromatic amines is 1. The maximum Gasteiger partial charge on any atom is 0.313 e. The molecule has 0 radical (unpaired) electrons. The first-order valence-electron chi connectivity index (χ1n) is 6.30. The third-order valence-corrected chi connectivity index (χ3v) is 3.85. The number of aryl methyl sites for hydroxylation is 1. The molecule has 0 saturated carbocycles. The number of rotatable bonds is 5. The Balaban J connectivity index is 1.72. The number of H-pyrrole nitrogens is 1. The lowest BCUT2D eigenvalue weighted by atomic mass is 10.2. The largest absolute Gasteiger partial charge is 0.486 e. The molecule has 0 unspecified atom stereocenters. The first-order valence-corrected chi connectivity index (χ1v) is 7.45. The summed E-state index contributed by atoms with van der Waals surface area (Å²) in [5.74, 6) is 2.36. The Bertz CT molecular complexity index is 598. The van der Waals surface area contributed by atoms with Gasteiger partial charge in [0.2, 0.25) is 0 Å². The van der Waals surface area contributed by atoms with Crippen molar-refractivity contribution in [2.24, 2.45) is 0 Å². The van der Waals surface area contributed by atoms with Crippen molar-refractivity contribution < 1.29 is 19.4 Å². The van der Waals surface area contributed by atoms with E-state index in [4.69, 9.17) is 14.6 Å². The van der Waals surface area contributed by atoms with Crippen molar-refractivity contribution in [1.82, 2.24) is 9.97 Å². The highest BCUT2D eigenvalue weighted by Crippen LogP contribution is 2.33. The van der Waals surface area contributed by atoms with Crippen LogP contribution in [0.2, 0.25) is 0 Å². The Hall–Kier alpha value is -1.89. The molecule has 0 spiro atoms. The van der Waals surface area contributed by atoms with Gasteiger partial charge in [0, 0.05) is 24.3 Å². The van der Waals surface area contributed by atoms with E-state index in [0.717, 1.165) is 34.1 Å². The standard InChI is InChI=1S/C13H14N2O4S/c16-13(17)7-20-4-1-12-14-8-5-10-11(6-9(8)15-12)19-3-2-18-10/h5-6H,1-4,7H2,(H,14,15)(H,16,17). The van der Waals surface area contributed by atoms with Crippen LogP contribution in [0.3, 0.4) is 0 Å². The average molecular weight is 294 g/mol. The van der Waals surface area contributed by atoms with Crippen molar-refractivity contribution in [2.75, 3.05) is 24.7 Å². The summed E-state index contributed by atoms with van der Waals surface area (Å²) in [4.78, 5) is 18.1. The van der Waals surface area contributed by atoms with E-state index in [1.165, 1.54) is 11.8 Å². The number of imidazole rings is 1. The molecule has 106 valence electrons. The number of carbonyl (C=O) groups is 1. The molecular formula is C13H14N2O4S. The molecule has 20 heavy (non-hydrogen) atoms. The number of aromatic nitrogens is 2. The molecule has 6 nitrogen and oxygen atoms in total. The van der Waals surface area contributed by atoms with Crippen LogP contribution < -0.4 is 9.47 Å². The molecule has 3 rings (SSSR count). The van der Waals surface area contributed by atoms with Gasteiger partial charge in [-0.2, -0.15) is 0 Å². The molecule has 1 aromatic heterocycles. The highest BCUT2D eigenvalue weighted by Gasteiger charge is 2.14. The predicted octanol–water partition coefficient (Wildman–Crippen LogP) is 1.69. The van der Waals surface area contributed by atoms with E-state index in [0.29, 0.717) is 19.6 Å². The van der Waals surface area contributed by atoms with Gasteiger partial charge in [-0.1, -0.05) is 0 Å². The Kier molecular flexibility index (Phi) is 3.68. The molecule has 0 bridgehead atoms. The first kappa shape index (κ1) is 13.1. The van der Waals surface area contributed by atoms with Crippen LogP contribution >= 0.6 is 11.8 Å². The second kappa shape index (κ2) is 5.62. The Morgan fingerprint density at radius 2 is 2.10 bits per heavy atom. The second-order valence-electron chi connectivity index (χ2n) is 4.39. The number of carboxylic acid groups (broad SMARTS) is 1. The number of carboxylic acids is 1. The van der Waals surface area contributed by atoms with Crippen molar-refractivity contribution >= 4 is 28.8 Å². The van der Waals surface area contributed by atoms with Gasteiger partial charge in [0.05, 0.1) is 16.8 Å². The van der Waals surface area contributed by atoms with Crippen molar-refractivity contribution in [1.29, 1.82) is 0 Å². The summed E-state index contributed by atoms with van der Waals surface area (Å²) < 4.78 is 11.0. The van der Waals surface area contributed by atoms with Crippen LogP contribution in [0, 0.1) is 0 Å². The van der Waals surface area contributed by atoms with Gasteiger partial charge in [0.25, 0.3) is 0 Å². The number of nitrogens with zero attached hydrogens (tertiary/aromatic N) is 1. The molecule has 2 N–H and O–H groups in total. The van der Waals surface area contributed by atoms with Crippen LogP contribution in [-0.2, 0) is 11.2 Å². The fourth-order valence-electron chi connectivity index (χ4n) is 2.05. The molecule has 0 fully saturated rings.